The summed E-state index contributed by atoms with van der Waals surface area (Å²) in [5.41, 5.74) is 1.47. The molecule has 3 aromatic rings. The monoisotopic (exact) mass is 457 g/mol. The highest BCUT2D eigenvalue weighted by Crippen LogP contribution is 2.32. The highest BCUT2D eigenvalue weighted by atomic mass is 32.2. The van der Waals surface area contributed by atoms with Crippen molar-refractivity contribution in [3.05, 3.63) is 48.3 Å². The molecule has 4 heterocycles. The SMILES string of the molecule is O=C(CN1CCN(S(=O)(=O)c2c[nH]c3ncccc23)CC1)NCc1ccc2c(c1)OCO2. The number of aromatic amines is 1. The number of piperazine rings is 1. The zero-order valence-electron chi connectivity index (χ0n) is 17.3. The summed E-state index contributed by atoms with van der Waals surface area (Å²) in [6, 6.07) is 9.03. The zero-order chi connectivity index (χ0) is 22.1. The van der Waals surface area contributed by atoms with Crippen molar-refractivity contribution in [2.24, 2.45) is 0 Å². The third-order valence-electron chi connectivity index (χ3n) is 5.66. The number of H-pyrrole nitrogens is 1. The Morgan fingerprint density at radius 3 is 2.78 bits per heavy atom. The molecule has 1 amide bonds. The van der Waals surface area contributed by atoms with Crippen LogP contribution in [0.4, 0.5) is 0 Å². The number of hydrogen-bond donors (Lipinski definition) is 2. The van der Waals surface area contributed by atoms with E-state index in [9.17, 15) is 13.2 Å². The average molecular weight is 458 g/mol. The Morgan fingerprint density at radius 1 is 1.12 bits per heavy atom. The number of rotatable bonds is 6. The molecule has 0 atom stereocenters. The van der Waals surface area contributed by atoms with Gasteiger partial charge < -0.3 is 19.8 Å². The number of amides is 1. The molecular formula is C21H23N5O5S. The van der Waals surface area contributed by atoms with Gasteiger partial charge in [0.05, 0.1) is 6.54 Å². The second-order valence-electron chi connectivity index (χ2n) is 7.70. The Kier molecular flexibility index (Phi) is 5.45. The maximum absolute atomic E-state index is 13.1. The molecule has 32 heavy (non-hydrogen) atoms. The summed E-state index contributed by atoms with van der Waals surface area (Å²) in [7, 11) is -3.64. The molecule has 2 aliphatic heterocycles. The van der Waals surface area contributed by atoms with Crippen molar-refractivity contribution < 1.29 is 22.7 Å². The number of carbonyl (C=O) groups excluding carboxylic acids is 1. The van der Waals surface area contributed by atoms with Gasteiger partial charge in [-0.3, -0.25) is 9.69 Å². The summed E-state index contributed by atoms with van der Waals surface area (Å²) in [5.74, 6) is 1.28. The van der Waals surface area contributed by atoms with E-state index in [2.05, 4.69) is 15.3 Å². The normalized spacial score (nSPS) is 17.0. The maximum Gasteiger partial charge on any atom is 0.245 e. The second kappa shape index (κ2) is 8.41. The minimum absolute atomic E-state index is 0.110. The lowest BCUT2D eigenvalue weighted by atomic mass is 10.2. The van der Waals surface area contributed by atoms with E-state index in [1.807, 2.05) is 23.1 Å². The molecule has 0 saturated carbocycles. The van der Waals surface area contributed by atoms with Gasteiger partial charge in [0, 0.05) is 50.5 Å². The number of benzene rings is 1. The summed E-state index contributed by atoms with van der Waals surface area (Å²) >= 11 is 0. The third kappa shape index (κ3) is 4.01. The van der Waals surface area contributed by atoms with Crippen molar-refractivity contribution in [1.82, 2.24) is 24.5 Å². The molecule has 0 spiro atoms. The molecule has 0 aliphatic carbocycles. The number of carbonyl (C=O) groups is 1. The Morgan fingerprint density at radius 2 is 1.94 bits per heavy atom. The van der Waals surface area contributed by atoms with Crippen molar-refractivity contribution in [3.63, 3.8) is 0 Å². The van der Waals surface area contributed by atoms with Crippen molar-refractivity contribution >= 4 is 27.0 Å². The van der Waals surface area contributed by atoms with Crippen LogP contribution in [0.1, 0.15) is 5.56 Å². The highest BCUT2D eigenvalue weighted by Gasteiger charge is 2.31. The van der Waals surface area contributed by atoms with E-state index in [0.29, 0.717) is 55.3 Å². The van der Waals surface area contributed by atoms with E-state index in [1.54, 1.807) is 18.3 Å². The first-order valence-corrected chi connectivity index (χ1v) is 11.7. The van der Waals surface area contributed by atoms with Gasteiger partial charge in [-0.05, 0) is 29.8 Å². The largest absolute Gasteiger partial charge is 0.454 e. The van der Waals surface area contributed by atoms with E-state index < -0.39 is 10.0 Å². The van der Waals surface area contributed by atoms with Crippen LogP contribution in [-0.2, 0) is 21.4 Å². The summed E-state index contributed by atoms with van der Waals surface area (Å²) in [5, 5.41) is 3.48. The van der Waals surface area contributed by atoms with Crippen LogP contribution < -0.4 is 14.8 Å². The number of fused-ring (bicyclic) bond motifs is 2. The lowest BCUT2D eigenvalue weighted by Gasteiger charge is -2.33. The van der Waals surface area contributed by atoms with Crippen LogP contribution in [0.5, 0.6) is 11.5 Å². The van der Waals surface area contributed by atoms with Gasteiger partial charge in [0.25, 0.3) is 0 Å². The van der Waals surface area contributed by atoms with E-state index >= 15 is 0 Å². The molecule has 1 fully saturated rings. The number of nitrogens with one attached hydrogen (secondary N) is 2. The quantitative estimate of drug-likeness (QED) is 0.565. The number of sulfonamides is 1. The van der Waals surface area contributed by atoms with Gasteiger partial charge in [-0.2, -0.15) is 4.31 Å². The topological polar surface area (TPSA) is 117 Å². The summed E-state index contributed by atoms with van der Waals surface area (Å²) < 4.78 is 38.3. The molecule has 2 aromatic heterocycles. The van der Waals surface area contributed by atoms with E-state index in [0.717, 1.165) is 5.56 Å². The number of pyridine rings is 1. The fourth-order valence-corrected chi connectivity index (χ4v) is 5.49. The predicted octanol–water partition coefficient (Wildman–Crippen LogP) is 0.914. The number of nitrogens with zero attached hydrogens (tertiary/aromatic N) is 3. The number of aromatic nitrogens is 2. The molecular weight excluding hydrogens is 434 g/mol. The van der Waals surface area contributed by atoms with Crippen molar-refractivity contribution in [3.8, 4) is 11.5 Å². The van der Waals surface area contributed by atoms with Crippen molar-refractivity contribution in [2.75, 3.05) is 39.5 Å². The van der Waals surface area contributed by atoms with Crippen LogP contribution >= 0.6 is 0 Å². The minimum atomic E-state index is -3.64. The third-order valence-corrected chi connectivity index (χ3v) is 7.59. The maximum atomic E-state index is 13.1. The second-order valence-corrected chi connectivity index (χ2v) is 9.60. The van der Waals surface area contributed by atoms with Crippen molar-refractivity contribution in [1.29, 1.82) is 0 Å². The van der Waals surface area contributed by atoms with E-state index in [-0.39, 0.29) is 24.1 Å². The van der Waals surface area contributed by atoms with Crippen molar-refractivity contribution in [2.45, 2.75) is 11.4 Å². The molecule has 0 unspecified atom stereocenters. The fourth-order valence-electron chi connectivity index (χ4n) is 3.92. The number of ether oxygens (including phenoxy) is 2. The van der Waals surface area contributed by atoms with Gasteiger partial charge in [0.15, 0.2) is 11.5 Å². The molecule has 2 aliphatic rings. The predicted molar refractivity (Wildman–Crippen MR) is 116 cm³/mol. The standard InChI is InChI=1S/C21H23N5O5S/c27-20(23-11-15-3-4-17-18(10-15)31-14-30-17)13-25-6-8-26(9-7-25)32(28,29)19-12-24-21-16(19)2-1-5-22-21/h1-5,10,12H,6-9,11,13-14H2,(H,22,24)(H,23,27). The van der Waals surface area contributed by atoms with E-state index in [4.69, 9.17) is 9.47 Å². The molecule has 10 nitrogen and oxygen atoms in total. The Bertz CT molecular complexity index is 1250. The molecule has 11 heteroatoms. The molecule has 5 rings (SSSR count). The van der Waals surface area contributed by atoms with Gasteiger partial charge in [-0.1, -0.05) is 6.07 Å². The first-order chi connectivity index (χ1) is 15.5. The Labute approximate surface area is 185 Å². The lowest BCUT2D eigenvalue weighted by molar-refractivity contribution is -0.122. The Hall–Kier alpha value is -3.15. The molecule has 1 aromatic carbocycles. The molecule has 1 saturated heterocycles. The minimum Gasteiger partial charge on any atom is -0.454 e. The average Bonchev–Trinajstić information content (AvgIpc) is 3.45. The summed E-state index contributed by atoms with van der Waals surface area (Å²) in [4.78, 5) is 21.6. The van der Waals surface area contributed by atoms with Crippen LogP contribution in [0.2, 0.25) is 0 Å². The zero-order valence-corrected chi connectivity index (χ0v) is 18.1. The summed E-state index contributed by atoms with van der Waals surface area (Å²) in [6.07, 6.45) is 3.11. The van der Waals surface area contributed by atoms with Crippen LogP contribution in [0.3, 0.4) is 0 Å². The molecule has 0 radical (unpaired) electrons. The van der Waals surface area contributed by atoms with Crippen LogP contribution in [0, 0.1) is 0 Å². The van der Waals surface area contributed by atoms with Crippen LogP contribution in [0.25, 0.3) is 11.0 Å². The summed E-state index contributed by atoms with van der Waals surface area (Å²) in [6.45, 7) is 2.43. The molecule has 2 N–H and O–H groups in total. The first-order valence-electron chi connectivity index (χ1n) is 10.3. The number of hydrogen-bond acceptors (Lipinski definition) is 7. The molecule has 168 valence electrons. The lowest BCUT2D eigenvalue weighted by Crippen LogP contribution is -2.50. The van der Waals surface area contributed by atoms with Crippen LogP contribution in [0.15, 0.2) is 47.6 Å². The first kappa shape index (κ1) is 20.7. The van der Waals surface area contributed by atoms with Gasteiger partial charge in [0.1, 0.15) is 10.5 Å². The van der Waals surface area contributed by atoms with E-state index in [1.165, 1.54) is 10.5 Å². The van der Waals surface area contributed by atoms with Gasteiger partial charge >= 0.3 is 0 Å². The smallest absolute Gasteiger partial charge is 0.245 e. The van der Waals surface area contributed by atoms with Crippen LogP contribution in [-0.4, -0.2) is 73.0 Å². The molecule has 0 bridgehead atoms. The fraction of sp³-hybridized carbons (Fsp3) is 0.333. The van der Waals surface area contributed by atoms with Gasteiger partial charge in [0.2, 0.25) is 22.7 Å². The Balaban J connectivity index is 1.14. The highest BCUT2D eigenvalue weighted by molar-refractivity contribution is 7.89. The van der Waals surface area contributed by atoms with Gasteiger partial charge in [-0.25, -0.2) is 13.4 Å². The van der Waals surface area contributed by atoms with Gasteiger partial charge in [-0.15, -0.1) is 0 Å².